The van der Waals surface area contributed by atoms with Crippen LogP contribution in [0.5, 0.6) is 0 Å². The van der Waals surface area contributed by atoms with Gasteiger partial charge in [0, 0.05) is 13.3 Å². The first-order chi connectivity index (χ1) is 3.68. The molecule has 2 amide bonds. The Labute approximate surface area is 48.0 Å². The lowest BCUT2D eigenvalue weighted by Gasteiger charge is -2.03. The van der Waals surface area contributed by atoms with Crippen LogP contribution in [0.25, 0.3) is 0 Å². The van der Waals surface area contributed by atoms with Gasteiger partial charge in [-0.25, -0.2) is 9.80 Å². The predicted octanol–water partition coefficient (Wildman–Crippen LogP) is 0.00260. The van der Waals surface area contributed by atoms with Gasteiger partial charge in [-0.1, -0.05) is 0 Å². The molecular weight excluding hydrogens is 106 g/mol. The van der Waals surface area contributed by atoms with E-state index in [4.69, 9.17) is 5.73 Å². The number of amides is 2. The van der Waals surface area contributed by atoms with E-state index in [0.717, 1.165) is 5.01 Å². The van der Waals surface area contributed by atoms with E-state index in [2.05, 4.69) is 5.10 Å². The molecule has 2 N–H and O–H groups in total. The molecule has 0 aromatic carbocycles. The smallest absolute Gasteiger partial charge is 0.334 e. The van der Waals surface area contributed by atoms with Gasteiger partial charge in [-0.3, -0.25) is 0 Å². The van der Waals surface area contributed by atoms with Gasteiger partial charge in [-0.15, -0.1) is 0 Å². The fourth-order valence-corrected chi connectivity index (χ4v) is 0.230. The summed E-state index contributed by atoms with van der Waals surface area (Å²) in [5, 5.41) is 4.61. The number of rotatable bonds is 1. The second-order valence-corrected chi connectivity index (χ2v) is 1.24. The molecule has 0 rings (SSSR count). The zero-order valence-electron chi connectivity index (χ0n) is 4.96. The van der Waals surface area contributed by atoms with E-state index in [1.807, 2.05) is 0 Å². The molecule has 8 heavy (non-hydrogen) atoms. The molecule has 0 unspecified atom stereocenters. The van der Waals surface area contributed by atoms with Crippen molar-refractivity contribution in [1.29, 1.82) is 0 Å². The number of carbonyl (C=O) groups excluding carboxylic acids is 1. The zero-order chi connectivity index (χ0) is 6.57. The molecule has 4 heteroatoms. The van der Waals surface area contributed by atoms with Gasteiger partial charge in [-0.05, 0) is 6.92 Å². The highest BCUT2D eigenvalue weighted by atomic mass is 16.2. The fraction of sp³-hybridized carbons (Fsp3) is 0.500. The van der Waals surface area contributed by atoms with E-state index in [1.54, 1.807) is 6.92 Å². The van der Waals surface area contributed by atoms with E-state index >= 15 is 0 Å². The Morgan fingerprint density at radius 1 is 1.88 bits per heavy atom. The molecule has 0 saturated heterocycles. The minimum atomic E-state index is -0.553. The van der Waals surface area contributed by atoms with Gasteiger partial charge < -0.3 is 5.73 Å². The maximum atomic E-state index is 10.1. The summed E-state index contributed by atoms with van der Waals surface area (Å²) in [7, 11) is 1.49. The quantitative estimate of drug-likeness (QED) is 0.379. The Kier molecular flexibility index (Phi) is 2.61. The van der Waals surface area contributed by atoms with Gasteiger partial charge >= 0.3 is 6.03 Å². The SMILES string of the molecule is CC=NN(C)C(N)=O. The van der Waals surface area contributed by atoms with Gasteiger partial charge in [0.25, 0.3) is 0 Å². The first-order valence-corrected chi connectivity index (χ1v) is 2.20. The molecule has 4 nitrogen and oxygen atoms in total. The Bertz CT molecular complexity index is 110. The highest BCUT2D eigenvalue weighted by molar-refractivity contribution is 5.72. The number of carbonyl (C=O) groups is 1. The summed E-state index contributed by atoms with van der Waals surface area (Å²) >= 11 is 0. The van der Waals surface area contributed by atoms with Crippen LogP contribution >= 0.6 is 0 Å². The summed E-state index contributed by atoms with van der Waals surface area (Å²) in [5.74, 6) is 0. The molecule has 0 bridgehead atoms. The number of nitrogens with two attached hydrogens (primary N) is 1. The summed E-state index contributed by atoms with van der Waals surface area (Å²) in [6.07, 6.45) is 1.49. The minimum absolute atomic E-state index is 0.553. The monoisotopic (exact) mass is 115 g/mol. The molecule has 0 heterocycles. The van der Waals surface area contributed by atoms with Gasteiger partial charge in [0.05, 0.1) is 0 Å². The van der Waals surface area contributed by atoms with Crippen molar-refractivity contribution in [3.8, 4) is 0 Å². The Morgan fingerprint density at radius 3 is 2.50 bits per heavy atom. The standard InChI is InChI=1S/C4H9N3O/c1-3-6-7(2)4(5)8/h3H,1-2H3,(H2,5,8). The molecule has 0 aromatic heterocycles. The van der Waals surface area contributed by atoms with Crippen LogP contribution in [0, 0.1) is 0 Å². The molecule has 0 spiro atoms. The van der Waals surface area contributed by atoms with Crippen LogP contribution in [-0.4, -0.2) is 24.3 Å². The minimum Gasteiger partial charge on any atom is -0.350 e. The van der Waals surface area contributed by atoms with E-state index in [1.165, 1.54) is 13.3 Å². The lowest BCUT2D eigenvalue weighted by molar-refractivity contribution is 0.220. The average molecular weight is 115 g/mol. The Balaban J connectivity index is 3.64. The number of hydrogen-bond acceptors (Lipinski definition) is 2. The van der Waals surface area contributed by atoms with Crippen LogP contribution < -0.4 is 5.73 Å². The molecule has 0 aliphatic rings. The van der Waals surface area contributed by atoms with Crippen LogP contribution in [0.1, 0.15) is 6.92 Å². The van der Waals surface area contributed by atoms with Crippen LogP contribution in [0.2, 0.25) is 0 Å². The first-order valence-electron chi connectivity index (χ1n) is 2.20. The number of hydrazone groups is 1. The van der Waals surface area contributed by atoms with Crippen LogP contribution in [0.15, 0.2) is 5.10 Å². The largest absolute Gasteiger partial charge is 0.350 e. The molecule has 46 valence electrons. The van der Waals surface area contributed by atoms with Crippen molar-refractivity contribution in [2.45, 2.75) is 6.92 Å². The van der Waals surface area contributed by atoms with Crippen molar-refractivity contribution in [2.75, 3.05) is 7.05 Å². The van der Waals surface area contributed by atoms with E-state index < -0.39 is 6.03 Å². The summed E-state index contributed by atoms with van der Waals surface area (Å²) < 4.78 is 0. The lowest BCUT2D eigenvalue weighted by atomic mass is 10.9. The highest BCUT2D eigenvalue weighted by Gasteiger charge is 1.94. The predicted molar refractivity (Wildman–Crippen MR) is 31.5 cm³/mol. The third-order valence-electron chi connectivity index (χ3n) is 0.608. The van der Waals surface area contributed by atoms with Crippen molar-refractivity contribution in [1.82, 2.24) is 5.01 Å². The highest BCUT2D eigenvalue weighted by Crippen LogP contribution is 1.77. The maximum Gasteiger partial charge on any atom is 0.334 e. The van der Waals surface area contributed by atoms with Gasteiger partial charge in [-0.2, -0.15) is 5.10 Å². The lowest BCUT2D eigenvalue weighted by Crippen LogP contribution is -2.27. The topological polar surface area (TPSA) is 58.7 Å². The number of urea groups is 1. The summed E-state index contributed by atoms with van der Waals surface area (Å²) in [6.45, 7) is 1.71. The molecule has 0 aromatic rings. The first kappa shape index (κ1) is 6.94. The maximum absolute atomic E-state index is 10.1. The summed E-state index contributed by atoms with van der Waals surface area (Å²) in [4.78, 5) is 10.1. The van der Waals surface area contributed by atoms with Crippen LogP contribution in [-0.2, 0) is 0 Å². The molecule has 0 aliphatic heterocycles. The fourth-order valence-electron chi connectivity index (χ4n) is 0.230. The van der Waals surface area contributed by atoms with Gasteiger partial charge in [0.15, 0.2) is 0 Å². The van der Waals surface area contributed by atoms with E-state index in [0.29, 0.717) is 0 Å². The van der Waals surface area contributed by atoms with Crippen LogP contribution in [0.3, 0.4) is 0 Å². The van der Waals surface area contributed by atoms with Crippen molar-refractivity contribution in [2.24, 2.45) is 10.8 Å². The number of nitrogens with zero attached hydrogens (tertiary/aromatic N) is 2. The molecule has 0 aliphatic carbocycles. The zero-order valence-corrected chi connectivity index (χ0v) is 4.96. The van der Waals surface area contributed by atoms with Crippen molar-refractivity contribution >= 4 is 12.2 Å². The van der Waals surface area contributed by atoms with Gasteiger partial charge in [0.1, 0.15) is 0 Å². The number of primary amides is 1. The molecule has 0 radical (unpaired) electrons. The van der Waals surface area contributed by atoms with Crippen molar-refractivity contribution in [3.63, 3.8) is 0 Å². The van der Waals surface area contributed by atoms with Crippen LogP contribution in [0.4, 0.5) is 4.79 Å². The summed E-state index contributed by atoms with van der Waals surface area (Å²) in [6, 6.07) is -0.553. The molecule has 0 atom stereocenters. The second kappa shape index (κ2) is 3.01. The summed E-state index contributed by atoms with van der Waals surface area (Å²) in [5.41, 5.74) is 4.80. The Morgan fingerprint density at radius 2 is 2.38 bits per heavy atom. The van der Waals surface area contributed by atoms with Gasteiger partial charge in [0.2, 0.25) is 0 Å². The normalized spacial score (nSPS) is 9.75. The second-order valence-electron chi connectivity index (χ2n) is 1.24. The van der Waals surface area contributed by atoms with Crippen molar-refractivity contribution < 1.29 is 4.79 Å². The van der Waals surface area contributed by atoms with Crippen molar-refractivity contribution in [3.05, 3.63) is 0 Å². The number of hydrogen-bond donors (Lipinski definition) is 1. The average Bonchev–Trinajstić information content (AvgIpc) is 1.67. The third kappa shape index (κ3) is 2.17. The molecule has 0 saturated carbocycles. The molecule has 0 fully saturated rings. The van der Waals surface area contributed by atoms with E-state index in [9.17, 15) is 4.79 Å². The molecular formula is C4H9N3O. The third-order valence-corrected chi connectivity index (χ3v) is 0.608. The Hall–Kier alpha value is -1.06. The van der Waals surface area contributed by atoms with E-state index in [-0.39, 0.29) is 0 Å².